The molecular formula is C34H41N3O. The van der Waals surface area contributed by atoms with Crippen molar-refractivity contribution in [3.8, 4) is 17.0 Å². The predicted octanol–water partition coefficient (Wildman–Crippen LogP) is 7.84. The molecule has 4 saturated carbocycles. The number of aryl methyl sites for hydroxylation is 2. The molecule has 4 aliphatic rings. The second-order valence-corrected chi connectivity index (χ2v) is 12.6. The molecule has 4 bridgehead atoms. The fourth-order valence-corrected chi connectivity index (χ4v) is 8.76. The van der Waals surface area contributed by atoms with Gasteiger partial charge in [0.1, 0.15) is 11.3 Å². The third kappa shape index (κ3) is 3.95. The van der Waals surface area contributed by atoms with Gasteiger partial charge in [-0.15, -0.1) is 0 Å². The molecule has 4 aromatic rings. The summed E-state index contributed by atoms with van der Waals surface area (Å²) in [5.74, 6) is 3.72. The number of nitrogens with two attached hydrogens (primary N) is 1. The van der Waals surface area contributed by atoms with Gasteiger partial charge in [-0.05, 0) is 143 Å². The van der Waals surface area contributed by atoms with Crippen molar-refractivity contribution in [2.45, 2.75) is 77.0 Å². The van der Waals surface area contributed by atoms with Crippen LogP contribution in [0.1, 0.15) is 75.1 Å². The Balaban J connectivity index is 1.38. The minimum absolute atomic E-state index is 0.405. The number of hydrogen-bond donors (Lipinski definition) is 2. The molecule has 2 aromatic carbocycles. The van der Waals surface area contributed by atoms with Gasteiger partial charge in [-0.25, -0.2) is 4.98 Å². The number of unbranched alkanes of at least 4 members (excludes halogenated alkanes) is 1. The first-order chi connectivity index (χ1) is 18.6. The molecule has 3 N–H and O–H groups in total. The van der Waals surface area contributed by atoms with Crippen LogP contribution in [0.3, 0.4) is 0 Å². The number of hydrogen-bond acceptors (Lipinski definition) is 3. The Bertz CT molecular complexity index is 1460. The van der Waals surface area contributed by atoms with E-state index in [1.165, 1.54) is 66.2 Å². The van der Waals surface area contributed by atoms with Gasteiger partial charge in [0, 0.05) is 27.5 Å². The lowest BCUT2D eigenvalue weighted by Gasteiger charge is -2.57. The molecule has 0 atom stereocenters. The zero-order valence-corrected chi connectivity index (χ0v) is 23.0. The molecule has 198 valence electrons. The van der Waals surface area contributed by atoms with Gasteiger partial charge >= 0.3 is 0 Å². The number of aromatic nitrogens is 2. The van der Waals surface area contributed by atoms with Crippen LogP contribution in [0.5, 0.6) is 5.75 Å². The maximum absolute atomic E-state index is 5.98. The lowest BCUT2D eigenvalue weighted by atomic mass is 9.48. The maximum Gasteiger partial charge on any atom is 0.145 e. The normalized spacial score (nSPS) is 26.0. The molecule has 0 saturated heterocycles. The average molecular weight is 508 g/mol. The Morgan fingerprint density at radius 3 is 2.42 bits per heavy atom. The van der Waals surface area contributed by atoms with Crippen LogP contribution in [0.4, 0.5) is 0 Å². The number of rotatable bonds is 8. The fraction of sp³-hybridized carbons (Fsp3) is 0.500. The summed E-state index contributed by atoms with van der Waals surface area (Å²) in [6.07, 6.45) is 11.8. The third-order valence-corrected chi connectivity index (χ3v) is 9.97. The first-order valence-corrected chi connectivity index (χ1v) is 15.0. The standard InChI is InChI=1S/C34H41N3O/c1-3-38-31-12-10-27(28-9-7-21(2)36-33(28)31)32-26(6-4-5-13-35)29-17-25(8-11-30(29)37-32)34-18-22-14-23(19-34)16-24(15-22)20-34/h7-12,17,22-24,37H,3-6,13-16,18-20,35H2,1-2H3. The Morgan fingerprint density at radius 1 is 0.947 bits per heavy atom. The summed E-state index contributed by atoms with van der Waals surface area (Å²) < 4.78 is 5.98. The summed E-state index contributed by atoms with van der Waals surface area (Å²) in [6.45, 7) is 5.46. The van der Waals surface area contributed by atoms with Gasteiger partial charge in [-0.3, -0.25) is 0 Å². The van der Waals surface area contributed by atoms with Crippen molar-refractivity contribution in [3.63, 3.8) is 0 Å². The largest absolute Gasteiger partial charge is 0.492 e. The van der Waals surface area contributed by atoms with Crippen LogP contribution in [-0.2, 0) is 11.8 Å². The highest BCUT2D eigenvalue weighted by atomic mass is 16.5. The molecule has 2 heterocycles. The van der Waals surface area contributed by atoms with E-state index in [-0.39, 0.29) is 0 Å². The molecule has 38 heavy (non-hydrogen) atoms. The van der Waals surface area contributed by atoms with Crippen molar-refractivity contribution in [1.29, 1.82) is 0 Å². The van der Waals surface area contributed by atoms with Gasteiger partial charge in [-0.2, -0.15) is 0 Å². The third-order valence-electron chi connectivity index (χ3n) is 9.97. The van der Waals surface area contributed by atoms with E-state index in [4.69, 9.17) is 15.5 Å². The molecule has 8 rings (SSSR count). The van der Waals surface area contributed by atoms with Crippen molar-refractivity contribution in [1.82, 2.24) is 9.97 Å². The summed E-state index contributed by atoms with van der Waals surface area (Å²) in [5.41, 5.74) is 15.0. The Labute approximate surface area is 226 Å². The minimum Gasteiger partial charge on any atom is -0.492 e. The average Bonchev–Trinajstić information content (AvgIpc) is 3.26. The van der Waals surface area contributed by atoms with E-state index in [0.717, 1.165) is 65.9 Å². The lowest BCUT2D eigenvalue weighted by Crippen LogP contribution is -2.48. The summed E-state index contributed by atoms with van der Waals surface area (Å²) in [7, 11) is 0. The van der Waals surface area contributed by atoms with Gasteiger partial charge < -0.3 is 15.5 Å². The van der Waals surface area contributed by atoms with Crippen LogP contribution in [0.2, 0.25) is 0 Å². The lowest BCUT2D eigenvalue weighted by molar-refractivity contribution is -0.00513. The molecule has 4 aliphatic carbocycles. The molecule has 0 aliphatic heterocycles. The van der Waals surface area contributed by atoms with E-state index < -0.39 is 0 Å². The number of aromatic amines is 1. The van der Waals surface area contributed by atoms with Crippen LogP contribution in [-0.4, -0.2) is 23.1 Å². The molecule has 4 heteroatoms. The molecule has 4 nitrogen and oxygen atoms in total. The second-order valence-electron chi connectivity index (χ2n) is 12.6. The van der Waals surface area contributed by atoms with Crippen LogP contribution in [0, 0.1) is 24.7 Å². The number of nitrogens with one attached hydrogen (secondary N) is 1. The van der Waals surface area contributed by atoms with Gasteiger partial charge in [0.15, 0.2) is 0 Å². The van der Waals surface area contributed by atoms with Crippen molar-refractivity contribution in [2.75, 3.05) is 13.2 Å². The highest BCUT2D eigenvalue weighted by Crippen LogP contribution is 2.61. The molecule has 0 radical (unpaired) electrons. The van der Waals surface area contributed by atoms with Crippen molar-refractivity contribution >= 4 is 21.8 Å². The minimum atomic E-state index is 0.405. The van der Waals surface area contributed by atoms with Crippen molar-refractivity contribution < 1.29 is 4.74 Å². The van der Waals surface area contributed by atoms with Crippen LogP contribution < -0.4 is 10.5 Å². The quantitative estimate of drug-likeness (QED) is 0.239. The van der Waals surface area contributed by atoms with Gasteiger partial charge in [-0.1, -0.05) is 12.1 Å². The monoisotopic (exact) mass is 507 g/mol. The van der Waals surface area contributed by atoms with E-state index >= 15 is 0 Å². The number of ether oxygens (including phenoxy) is 1. The molecule has 0 spiro atoms. The fourth-order valence-electron chi connectivity index (χ4n) is 8.76. The summed E-state index contributed by atoms with van der Waals surface area (Å²) >= 11 is 0. The van der Waals surface area contributed by atoms with Crippen LogP contribution >= 0.6 is 0 Å². The van der Waals surface area contributed by atoms with Gasteiger partial charge in [0.25, 0.3) is 0 Å². The molecule has 4 fully saturated rings. The van der Waals surface area contributed by atoms with Crippen molar-refractivity contribution in [2.24, 2.45) is 23.5 Å². The Morgan fingerprint density at radius 2 is 1.71 bits per heavy atom. The Kier molecular flexibility index (Phi) is 6.00. The highest BCUT2D eigenvalue weighted by Gasteiger charge is 2.51. The van der Waals surface area contributed by atoms with Crippen LogP contribution in [0.25, 0.3) is 33.1 Å². The SMILES string of the molecule is CCOc1ccc(-c2[nH]c3ccc(C45CC6CC(CC(C6)C4)C5)cc3c2CCCCN)c2ccc(C)nc12. The first-order valence-electron chi connectivity index (χ1n) is 15.0. The zero-order valence-electron chi connectivity index (χ0n) is 23.0. The number of nitrogens with zero attached hydrogens (tertiary/aromatic N) is 1. The smallest absolute Gasteiger partial charge is 0.145 e. The summed E-state index contributed by atoms with van der Waals surface area (Å²) in [6, 6.07) is 16.1. The molecule has 2 aromatic heterocycles. The van der Waals surface area contributed by atoms with E-state index in [2.05, 4.69) is 54.4 Å². The topological polar surface area (TPSA) is 63.9 Å². The van der Waals surface area contributed by atoms with Crippen molar-refractivity contribution in [3.05, 3.63) is 59.3 Å². The number of pyridine rings is 1. The van der Waals surface area contributed by atoms with E-state index in [1.54, 1.807) is 5.56 Å². The highest BCUT2D eigenvalue weighted by molar-refractivity contribution is 6.01. The van der Waals surface area contributed by atoms with Gasteiger partial charge in [0.2, 0.25) is 0 Å². The zero-order chi connectivity index (χ0) is 25.9. The number of H-pyrrole nitrogens is 1. The summed E-state index contributed by atoms with van der Waals surface area (Å²) in [4.78, 5) is 8.77. The Hall–Kier alpha value is -2.85. The molecule has 0 amide bonds. The van der Waals surface area contributed by atoms with Crippen LogP contribution in [0.15, 0.2) is 42.5 Å². The molecule has 0 unspecified atom stereocenters. The number of benzene rings is 2. The summed E-state index contributed by atoms with van der Waals surface area (Å²) in [5, 5.41) is 2.56. The first kappa shape index (κ1) is 24.2. The van der Waals surface area contributed by atoms with E-state index in [1.807, 2.05) is 6.92 Å². The van der Waals surface area contributed by atoms with E-state index in [0.29, 0.717) is 12.0 Å². The maximum atomic E-state index is 5.98. The second kappa shape index (κ2) is 9.41. The van der Waals surface area contributed by atoms with Gasteiger partial charge in [0.05, 0.1) is 12.3 Å². The molecular weight excluding hydrogens is 466 g/mol. The van der Waals surface area contributed by atoms with E-state index in [9.17, 15) is 0 Å². The number of fused-ring (bicyclic) bond motifs is 2. The predicted molar refractivity (Wildman–Crippen MR) is 157 cm³/mol.